The lowest BCUT2D eigenvalue weighted by atomic mass is 10.2. The molecule has 2 aromatic rings. The number of ether oxygens (including phenoxy) is 2. The van der Waals surface area contributed by atoms with Gasteiger partial charge in [0.1, 0.15) is 11.5 Å². The minimum absolute atomic E-state index is 0.186. The number of hydrogen-bond donors (Lipinski definition) is 1. The van der Waals surface area contributed by atoms with Crippen LogP contribution in [0.3, 0.4) is 0 Å². The highest BCUT2D eigenvalue weighted by Crippen LogP contribution is 2.26. The number of carbonyl (C=O) groups excluding carboxylic acids is 1. The zero-order valence-electron chi connectivity index (χ0n) is 16.7. The van der Waals surface area contributed by atoms with E-state index in [0.717, 1.165) is 19.3 Å². The van der Waals surface area contributed by atoms with Crippen molar-refractivity contribution in [3.8, 4) is 11.5 Å². The van der Waals surface area contributed by atoms with Crippen LogP contribution < -0.4 is 14.8 Å². The molecule has 0 aliphatic carbocycles. The topological polar surface area (TPSA) is 84.9 Å². The Balaban J connectivity index is 1.66. The minimum Gasteiger partial charge on any atom is -0.497 e. The molecule has 0 saturated carbocycles. The number of anilines is 1. The molecule has 0 atom stereocenters. The first-order valence-electron chi connectivity index (χ1n) is 9.57. The summed E-state index contributed by atoms with van der Waals surface area (Å²) in [7, 11) is -2.00. The van der Waals surface area contributed by atoms with Crippen LogP contribution in [0.1, 0.15) is 24.8 Å². The molecule has 0 bridgehead atoms. The van der Waals surface area contributed by atoms with E-state index >= 15 is 0 Å². The van der Waals surface area contributed by atoms with E-state index in [9.17, 15) is 13.2 Å². The number of piperidine rings is 1. The molecule has 1 aliphatic heterocycles. The third kappa shape index (κ3) is 5.27. The predicted octanol–water partition coefficient (Wildman–Crippen LogP) is 3.20. The van der Waals surface area contributed by atoms with E-state index in [1.807, 2.05) is 0 Å². The molecule has 1 amide bonds. The van der Waals surface area contributed by atoms with Gasteiger partial charge in [0.05, 0.1) is 12.0 Å². The first kappa shape index (κ1) is 21.1. The van der Waals surface area contributed by atoms with Gasteiger partial charge in [0, 0.05) is 18.8 Å². The van der Waals surface area contributed by atoms with E-state index in [1.165, 1.54) is 10.4 Å². The number of hydrogen-bond acceptors (Lipinski definition) is 5. The van der Waals surface area contributed by atoms with Gasteiger partial charge in [0.15, 0.2) is 6.61 Å². The van der Waals surface area contributed by atoms with Crippen LogP contribution in [0.15, 0.2) is 47.4 Å². The average Bonchev–Trinajstić information content (AvgIpc) is 2.74. The fourth-order valence-electron chi connectivity index (χ4n) is 3.22. The lowest BCUT2D eigenvalue weighted by molar-refractivity contribution is -0.118. The molecule has 8 heteroatoms. The first-order valence-corrected chi connectivity index (χ1v) is 11.0. The summed E-state index contributed by atoms with van der Waals surface area (Å²) >= 11 is 0. The second kappa shape index (κ2) is 9.28. The van der Waals surface area contributed by atoms with Crippen LogP contribution in [0.5, 0.6) is 11.5 Å². The van der Waals surface area contributed by atoms with E-state index < -0.39 is 10.0 Å². The summed E-state index contributed by atoms with van der Waals surface area (Å²) in [5.74, 6) is 0.869. The zero-order valence-corrected chi connectivity index (χ0v) is 17.5. The molecule has 1 N–H and O–H groups in total. The predicted molar refractivity (Wildman–Crippen MR) is 111 cm³/mol. The van der Waals surface area contributed by atoms with Gasteiger partial charge in [0.25, 0.3) is 5.91 Å². The van der Waals surface area contributed by atoms with E-state index in [1.54, 1.807) is 50.4 Å². The Morgan fingerprint density at radius 2 is 1.69 bits per heavy atom. The van der Waals surface area contributed by atoms with Gasteiger partial charge in [-0.3, -0.25) is 4.79 Å². The SMILES string of the molecule is COc1ccc(OCC(=O)Nc2ccc(C)c(S(=O)(=O)N3CCCCC3)c2)cc1. The van der Waals surface area contributed by atoms with Gasteiger partial charge in [-0.25, -0.2) is 8.42 Å². The number of amides is 1. The largest absolute Gasteiger partial charge is 0.497 e. The maximum Gasteiger partial charge on any atom is 0.262 e. The summed E-state index contributed by atoms with van der Waals surface area (Å²) in [5.41, 5.74) is 1.08. The van der Waals surface area contributed by atoms with Crippen LogP contribution >= 0.6 is 0 Å². The standard InChI is InChI=1S/C21H26N2O5S/c1-16-6-7-17(14-20(16)29(25,26)23-12-4-3-5-13-23)22-21(24)15-28-19-10-8-18(27-2)9-11-19/h6-11,14H,3-5,12-13,15H2,1-2H3,(H,22,24). The van der Waals surface area contributed by atoms with Crippen LogP contribution in [0.25, 0.3) is 0 Å². The molecular weight excluding hydrogens is 392 g/mol. The lowest BCUT2D eigenvalue weighted by Gasteiger charge is -2.26. The van der Waals surface area contributed by atoms with E-state index in [-0.39, 0.29) is 17.4 Å². The molecule has 0 spiro atoms. The molecule has 0 radical (unpaired) electrons. The molecule has 3 rings (SSSR count). The third-order valence-corrected chi connectivity index (χ3v) is 6.87. The van der Waals surface area contributed by atoms with Gasteiger partial charge in [-0.2, -0.15) is 4.31 Å². The second-order valence-electron chi connectivity index (χ2n) is 6.96. The summed E-state index contributed by atoms with van der Waals surface area (Å²) in [6, 6.07) is 11.8. The first-order chi connectivity index (χ1) is 13.9. The Kier molecular flexibility index (Phi) is 6.76. The van der Waals surface area contributed by atoms with E-state index in [0.29, 0.717) is 35.8 Å². The van der Waals surface area contributed by atoms with Crippen molar-refractivity contribution in [1.82, 2.24) is 4.31 Å². The Morgan fingerprint density at radius 1 is 1.03 bits per heavy atom. The van der Waals surface area contributed by atoms with Gasteiger partial charge in [-0.05, 0) is 61.7 Å². The third-order valence-electron chi connectivity index (χ3n) is 4.83. The van der Waals surface area contributed by atoms with E-state index in [4.69, 9.17) is 9.47 Å². The fourth-order valence-corrected chi connectivity index (χ4v) is 4.99. The molecule has 0 unspecified atom stereocenters. The van der Waals surface area contributed by atoms with Crippen molar-refractivity contribution >= 4 is 21.6 Å². The highest BCUT2D eigenvalue weighted by Gasteiger charge is 2.27. The van der Waals surface area contributed by atoms with Crippen molar-refractivity contribution in [2.75, 3.05) is 32.1 Å². The number of benzene rings is 2. The molecule has 0 aromatic heterocycles. The van der Waals surface area contributed by atoms with Crippen molar-refractivity contribution in [2.45, 2.75) is 31.1 Å². The molecule has 2 aromatic carbocycles. The van der Waals surface area contributed by atoms with Crippen LogP contribution in [0.4, 0.5) is 5.69 Å². The Labute approximate surface area is 171 Å². The molecule has 1 saturated heterocycles. The second-order valence-corrected chi connectivity index (χ2v) is 8.86. The van der Waals surface area contributed by atoms with Gasteiger partial charge in [-0.1, -0.05) is 12.5 Å². The summed E-state index contributed by atoms with van der Waals surface area (Å²) in [6.07, 6.45) is 2.80. The highest BCUT2D eigenvalue weighted by molar-refractivity contribution is 7.89. The summed E-state index contributed by atoms with van der Waals surface area (Å²) in [4.78, 5) is 12.5. The average molecular weight is 419 g/mol. The van der Waals surface area contributed by atoms with Gasteiger partial charge in [-0.15, -0.1) is 0 Å². The number of rotatable bonds is 7. The monoisotopic (exact) mass is 418 g/mol. The van der Waals surface area contributed by atoms with Crippen molar-refractivity contribution < 1.29 is 22.7 Å². The zero-order chi connectivity index (χ0) is 20.9. The fraction of sp³-hybridized carbons (Fsp3) is 0.381. The number of sulfonamides is 1. The maximum atomic E-state index is 13.0. The van der Waals surface area contributed by atoms with Crippen molar-refractivity contribution in [2.24, 2.45) is 0 Å². The summed E-state index contributed by atoms with van der Waals surface area (Å²) in [5, 5.41) is 2.71. The van der Waals surface area contributed by atoms with Crippen molar-refractivity contribution in [1.29, 1.82) is 0 Å². The molecule has 29 heavy (non-hydrogen) atoms. The van der Waals surface area contributed by atoms with Gasteiger partial charge >= 0.3 is 0 Å². The quantitative estimate of drug-likeness (QED) is 0.746. The van der Waals surface area contributed by atoms with Crippen molar-refractivity contribution in [3.05, 3.63) is 48.0 Å². The lowest BCUT2D eigenvalue weighted by Crippen LogP contribution is -2.36. The molecule has 156 valence electrons. The molecule has 7 nitrogen and oxygen atoms in total. The van der Waals surface area contributed by atoms with Gasteiger partial charge < -0.3 is 14.8 Å². The van der Waals surface area contributed by atoms with E-state index in [2.05, 4.69) is 5.32 Å². The summed E-state index contributed by atoms with van der Waals surface area (Å²) < 4.78 is 38.0. The Bertz CT molecular complexity index is 952. The van der Waals surface area contributed by atoms with Crippen LogP contribution in [0, 0.1) is 6.92 Å². The van der Waals surface area contributed by atoms with Crippen LogP contribution in [-0.2, 0) is 14.8 Å². The molecule has 1 fully saturated rings. The van der Waals surface area contributed by atoms with Gasteiger partial charge in [0.2, 0.25) is 10.0 Å². The smallest absolute Gasteiger partial charge is 0.262 e. The van der Waals surface area contributed by atoms with Crippen LogP contribution in [0.2, 0.25) is 0 Å². The summed E-state index contributed by atoms with van der Waals surface area (Å²) in [6.45, 7) is 2.64. The maximum absolute atomic E-state index is 13.0. The molecular formula is C21H26N2O5S. The molecule has 1 heterocycles. The number of aryl methyl sites for hydroxylation is 1. The Hall–Kier alpha value is -2.58. The Morgan fingerprint density at radius 3 is 2.34 bits per heavy atom. The molecule has 1 aliphatic rings. The van der Waals surface area contributed by atoms with Crippen LogP contribution in [-0.4, -0.2) is 45.4 Å². The number of carbonyl (C=O) groups is 1. The number of nitrogens with one attached hydrogen (secondary N) is 1. The number of nitrogens with zero attached hydrogens (tertiary/aromatic N) is 1. The normalized spacial score (nSPS) is 15.0. The van der Waals surface area contributed by atoms with Crippen molar-refractivity contribution in [3.63, 3.8) is 0 Å². The highest BCUT2D eigenvalue weighted by atomic mass is 32.2. The minimum atomic E-state index is -3.57. The number of methoxy groups -OCH3 is 1.